The van der Waals surface area contributed by atoms with Crippen LogP contribution in [0.15, 0.2) is 30.6 Å². The van der Waals surface area contributed by atoms with Gasteiger partial charge in [-0.05, 0) is 12.1 Å². The summed E-state index contributed by atoms with van der Waals surface area (Å²) in [6, 6.07) is 5.72. The maximum Gasteiger partial charge on any atom is 0.300 e. The summed E-state index contributed by atoms with van der Waals surface area (Å²) < 4.78 is 0.228. The van der Waals surface area contributed by atoms with E-state index >= 15 is 0 Å². The monoisotopic (exact) mass is 329 g/mol. The van der Waals surface area contributed by atoms with E-state index in [1.807, 2.05) is 18.2 Å². The minimum atomic E-state index is -1.99. The van der Waals surface area contributed by atoms with Gasteiger partial charge in [0.2, 0.25) is 0 Å². The van der Waals surface area contributed by atoms with Gasteiger partial charge in [0.05, 0.1) is 0 Å². The van der Waals surface area contributed by atoms with Crippen molar-refractivity contribution in [2.75, 3.05) is 0 Å². The number of hydrogen-bond donors (Lipinski definition) is 0. The van der Waals surface area contributed by atoms with Gasteiger partial charge in [-0.15, -0.1) is 0 Å². The van der Waals surface area contributed by atoms with Crippen molar-refractivity contribution in [1.82, 2.24) is 4.98 Å². The molecule has 0 fully saturated rings. The number of aromatic nitrogens is 1. The topological polar surface area (TPSA) is 22.1 Å². The van der Waals surface area contributed by atoms with Gasteiger partial charge in [-0.1, -0.05) is 75.7 Å². The number of halogens is 6. The minimum absolute atomic E-state index is 1.75. The molecule has 0 saturated carbocycles. The SMILES string of the molecule is ClC(Cl)(Cl)OC(Cl)(Cl)Cl.c1ccncc1. The normalized spacial score (nSPS) is 11.6. The van der Waals surface area contributed by atoms with Crippen molar-refractivity contribution >= 4 is 69.6 Å². The van der Waals surface area contributed by atoms with Crippen molar-refractivity contribution in [3.8, 4) is 0 Å². The Labute approximate surface area is 117 Å². The summed E-state index contributed by atoms with van der Waals surface area (Å²) in [7, 11) is 0. The smallest absolute Gasteiger partial charge is 0.284 e. The van der Waals surface area contributed by atoms with Crippen LogP contribution in [0.2, 0.25) is 0 Å². The van der Waals surface area contributed by atoms with Gasteiger partial charge in [-0.3, -0.25) is 9.72 Å². The molecule has 1 rings (SSSR count). The Balaban J connectivity index is 0.000000280. The van der Waals surface area contributed by atoms with Crippen LogP contribution in [0.25, 0.3) is 0 Å². The molecule has 0 aliphatic carbocycles. The Morgan fingerprint density at radius 2 is 1.13 bits per heavy atom. The van der Waals surface area contributed by atoms with Gasteiger partial charge >= 0.3 is 7.96 Å². The van der Waals surface area contributed by atoms with Crippen molar-refractivity contribution in [2.45, 2.75) is 7.96 Å². The van der Waals surface area contributed by atoms with Crippen molar-refractivity contribution in [3.63, 3.8) is 0 Å². The molecule has 86 valence electrons. The van der Waals surface area contributed by atoms with E-state index in [1.165, 1.54) is 0 Å². The Morgan fingerprint density at radius 3 is 1.20 bits per heavy atom. The zero-order valence-corrected chi connectivity index (χ0v) is 11.5. The number of pyridine rings is 1. The van der Waals surface area contributed by atoms with Crippen LogP contribution >= 0.6 is 69.6 Å². The molecular weight excluding hydrogens is 327 g/mol. The van der Waals surface area contributed by atoms with E-state index in [0.717, 1.165) is 0 Å². The first kappa shape index (κ1) is 15.9. The van der Waals surface area contributed by atoms with Crippen molar-refractivity contribution in [2.24, 2.45) is 0 Å². The summed E-state index contributed by atoms with van der Waals surface area (Å²) >= 11 is 30.4. The molecule has 0 bridgehead atoms. The first-order chi connectivity index (χ1) is 6.71. The molecule has 2 nitrogen and oxygen atoms in total. The highest BCUT2D eigenvalue weighted by Gasteiger charge is 2.33. The highest BCUT2D eigenvalue weighted by atomic mass is 35.6. The van der Waals surface area contributed by atoms with Crippen LogP contribution in [0.5, 0.6) is 0 Å². The third-order valence-electron chi connectivity index (χ3n) is 0.798. The molecule has 1 aromatic rings. The average Bonchev–Trinajstić information content (AvgIpc) is 2.01. The molecule has 0 aromatic carbocycles. The lowest BCUT2D eigenvalue weighted by Crippen LogP contribution is -2.19. The molecular formula is C7H5Cl6NO. The van der Waals surface area contributed by atoms with Gasteiger partial charge in [0.1, 0.15) is 0 Å². The molecule has 8 heteroatoms. The molecule has 0 spiro atoms. The van der Waals surface area contributed by atoms with Gasteiger partial charge in [-0.25, -0.2) is 0 Å². The molecule has 15 heavy (non-hydrogen) atoms. The summed E-state index contributed by atoms with van der Waals surface area (Å²) in [6.45, 7) is 0. The minimum Gasteiger partial charge on any atom is -0.284 e. The second-order valence-corrected chi connectivity index (χ2v) is 6.37. The van der Waals surface area contributed by atoms with Crippen LogP contribution in [-0.2, 0) is 4.74 Å². The fraction of sp³-hybridized carbons (Fsp3) is 0.286. The van der Waals surface area contributed by atoms with Gasteiger partial charge < -0.3 is 0 Å². The zero-order valence-electron chi connectivity index (χ0n) is 7.01. The predicted octanol–water partition coefficient (Wildman–Crippen LogP) is 4.74. The van der Waals surface area contributed by atoms with E-state index in [1.54, 1.807) is 12.4 Å². The second kappa shape index (κ2) is 7.23. The Hall–Kier alpha value is 0.850. The maximum atomic E-state index is 5.07. The lowest BCUT2D eigenvalue weighted by molar-refractivity contribution is 0.125. The van der Waals surface area contributed by atoms with E-state index in [9.17, 15) is 0 Å². The van der Waals surface area contributed by atoms with E-state index in [2.05, 4.69) is 9.72 Å². The summed E-state index contributed by atoms with van der Waals surface area (Å²) in [5.74, 6) is 0. The van der Waals surface area contributed by atoms with E-state index < -0.39 is 7.96 Å². The van der Waals surface area contributed by atoms with Crippen LogP contribution in [0, 0.1) is 0 Å². The number of alkyl halides is 6. The van der Waals surface area contributed by atoms with E-state index in [0.29, 0.717) is 0 Å². The molecule has 0 unspecified atom stereocenters. The van der Waals surface area contributed by atoms with Gasteiger partial charge in [0.15, 0.2) is 0 Å². The predicted molar refractivity (Wildman–Crippen MR) is 65.9 cm³/mol. The fourth-order valence-corrected chi connectivity index (χ4v) is 1.49. The van der Waals surface area contributed by atoms with Crippen molar-refractivity contribution in [1.29, 1.82) is 0 Å². The lowest BCUT2D eigenvalue weighted by Gasteiger charge is -2.17. The Morgan fingerprint density at radius 1 is 0.733 bits per heavy atom. The largest absolute Gasteiger partial charge is 0.300 e. The highest BCUT2D eigenvalue weighted by Crippen LogP contribution is 2.39. The summed E-state index contributed by atoms with van der Waals surface area (Å²) in [5, 5.41) is 0. The van der Waals surface area contributed by atoms with Crippen LogP contribution in [0.3, 0.4) is 0 Å². The van der Waals surface area contributed by atoms with E-state index in [-0.39, 0.29) is 0 Å². The molecule has 0 saturated heterocycles. The molecule has 0 N–H and O–H groups in total. The summed E-state index contributed by atoms with van der Waals surface area (Å²) in [5.41, 5.74) is 0. The zero-order chi connectivity index (χ0) is 11.9. The van der Waals surface area contributed by atoms with Crippen molar-refractivity contribution in [3.05, 3.63) is 30.6 Å². The summed E-state index contributed by atoms with van der Waals surface area (Å²) in [4.78, 5) is 3.78. The fourth-order valence-electron chi connectivity index (χ4n) is 0.444. The van der Waals surface area contributed by atoms with Gasteiger partial charge in [0.25, 0.3) is 0 Å². The van der Waals surface area contributed by atoms with Crippen LogP contribution in [0.4, 0.5) is 0 Å². The number of hydrogen-bond acceptors (Lipinski definition) is 2. The Kier molecular flexibility index (Phi) is 7.64. The molecule has 0 atom stereocenters. The first-order valence-corrected chi connectivity index (χ1v) is 5.66. The summed E-state index contributed by atoms with van der Waals surface area (Å²) in [6.07, 6.45) is 3.50. The highest BCUT2D eigenvalue weighted by molar-refractivity contribution is 6.69. The number of rotatable bonds is 0. The molecule has 0 radical (unpaired) electrons. The number of nitrogens with zero attached hydrogens (tertiary/aromatic N) is 1. The molecule has 0 aliphatic heterocycles. The third-order valence-corrected chi connectivity index (χ3v) is 1.26. The molecule has 1 heterocycles. The van der Waals surface area contributed by atoms with Gasteiger partial charge in [0, 0.05) is 12.4 Å². The quantitative estimate of drug-likeness (QED) is 0.641. The third kappa shape index (κ3) is 14.8. The average molecular weight is 332 g/mol. The molecule has 1 aromatic heterocycles. The molecule has 0 aliphatic rings. The second-order valence-electron chi connectivity index (χ2n) is 2.02. The van der Waals surface area contributed by atoms with Crippen LogP contribution < -0.4 is 0 Å². The molecule has 0 amide bonds. The Bertz CT molecular complexity index is 218. The van der Waals surface area contributed by atoms with Crippen LogP contribution in [-0.4, -0.2) is 12.9 Å². The van der Waals surface area contributed by atoms with Crippen molar-refractivity contribution < 1.29 is 4.74 Å². The standard InChI is InChI=1S/C5H5N.C2Cl6O/c1-2-4-6-5-3-1;3-1(4,5)9-2(6,7)8/h1-5H;. The van der Waals surface area contributed by atoms with Gasteiger partial charge in [-0.2, -0.15) is 0 Å². The maximum absolute atomic E-state index is 5.07. The van der Waals surface area contributed by atoms with Crippen LogP contribution in [0.1, 0.15) is 0 Å². The van der Waals surface area contributed by atoms with E-state index in [4.69, 9.17) is 69.6 Å². The lowest BCUT2D eigenvalue weighted by atomic mass is 10.5. The number of ether oxygens (including phenoxy) is 1. The first-order valence-electron chi connectivity index (χ1n) is 3.39.